The van der Waals surface area contributed by atoms with Crippen molar-refractivity contribution in [2.45, 2.75) is 55.1 Å². The first-order chi connectivity index (χ1) is 16.6. The lowest BCUT2D eigenvalue weighted by atomic mass is 9.77. The number of nitro benzene ring substituents is 1. The lowest BCUT2D eigenvalue weighted by Crippen LogP contribution is -2.61. The third kappa shape index (κ3) is 5.04. The van der Waals surface area contributed by atoms with Gasteiger partial charge in [0.15, 0.2) is 4.90 Å². The Morgan fingerprint density at radius 2 is 1.94 bits per heavy atom. The van der Waals surface area contributed by atoms with Crippen LogP contribution in [0.2, 0.25) is 0 Å². The lowest BCUT2D eigenvalue weighted by Gasteiger charge is -2.41. The highest BCUT2D eigenvalue weighted by molar-refractivity contribution is 7.89. The number of hydrogen-bond acceptors (Lipinski definition) is 8. The quantitative estimate of drug-likeness (QED) is 0.351. The first kappa shape index (κ1) is 24.8. The molecule has 2 aromatic carbocycles. The van der Waals surface area contributed by atoms with Crippen molar-refractivity contribution in [1.29, 1.82) is 0 Å². The highest BCUT2D eigenvalue weighted by atomic mass is 32.2. The number of nitrogens with zero attached hydrogens (tertiary/aromatic N) is 3. The summed E-state index contributed by atoms with van der Waals surface area (Å²) in [6.45, 7) is -0.0820. The zero-order chi connectivity index (χ0) is 25.2. The van der Waals surface area contributed by atoms with Crippen LogP contribution < -0.4 is 20.8 Å². The molecule has 1 aliphatic carbocycles. The van der Waals surface area contributed by atoms with Gasteiger partial charge in [-0.1, -0.05) is 31.4 Å². The van der Waals surface area contributed by atoms with Gasteiger partial charge in [0, 0.05) is 24.2 Å². The molecule has 4 rings (SSSR count). The van der Waals surface area contributed by atoms with Crippen LogP contribution in [0.3, 0.4) is 0 Å². The number of rotatable bonds is 8. The number of benzene rings is 2. The Balaban J connectivity index is 1.81. The topological polar surface area (TPSA) is 159 Å². The van der Waals surface area contributed by atoms with Crippen LogP contribution in [-0.2, 0) is 16.6 Å². The second-order valence-corrected chi connectivity index (χ2v) is 10.4. The number of fused-ring (bicyclic) bond motifs is 1. The molecule has 3 N–H and O–H groups in total. The minimum Gasteiger partial charge on any atom is -0.497 e. The largest absolute Gasteiger partial charge is 0.497 e. The molecule has 3 aromatic rings. The predicted octanol–water partition coefficient (Wildman–Crippen LogP) is 2.32. The van der Waals surface area contributed by atoms with E-state index < -0.39 is 42.7 Å². The fraction of sp³-hybridized carbons (Fsp3) is 0.391. The maximum absolute atomic E-state index is 13.4. The van der Waals surface area contributed by atoms with E-state index in [2.05, 4.69) is 9.71 Å². The molecule has 1 heterocycles. The number of nitro groups is 1. The molecule has 0 bridgehead atoms. The van der Waals surface area contributed by atoms with Crippen molar-refractivity contribution >= 4 is 26.7 Å². The Kier molecular flexibility index (Phi) is 6.88. The Morgan fingerprint density at radius 3 is 2.63 bits per heavy atom. The third-order valence-corrected chi connectivity index (χ3v) is 8.07. The van der Waals surface area contributed by atoms with Crippen molar-refractivity contribution in [2.24, 2.45) is 5.73 Å². The van der Waals surface area contributed by atoms with E-state index in [1.54, 1.807) is 18.2 Å². The summed E-state index contributed by atoms with van der Waals surface area (Å²) in [6.07, 6.45) is 4.83. The number of methoxy groups -OCH3 is 1. The van der Waals surface area contributed by atoms with E-state index in [9.17, 15) is 23.3 Å². The van der Waals surface area contributed by atoms with Crippen molar-refractivity contribution in [3.05, 3.63) is 69.1 Å². The summed E-state index contributed by atoms with van der Waals surface area (Å²) in [6, 6.07) is 9.29. The number of para-hydroxylation sites is 1. The number of nitrogens with one attached hydrogen (secondary N) is 1. The molecule has 186 valence electrons. The van der Waals surface area contributed by atoms with E-state index >= 15 is 0 Å². The number of hydrogen-bond donors (Lipinski definition) is 2. The van der Waals surface area contributed by atoms with Crippen LogP contribution >= 0.6 is 0 Å². The van der Waals surface area contributed by atoms with Crippen molar-refractivity contribution in [3.63, 3.8) is 0 Å². The van der Waals surface area contributed by atoms with Gasteiger partial charge >= 0.3 is 0 Å². The molecule has 1 unspecified atom stereocenters. The molecule has 12 heteroatoms. The Hall–Kier alpha value is -3.35. The molecule has 11 nitrogen and oxygen atoms in total. The van der Waals surface area contributed by atoms with Gasteiger partial charge in [-0.2, -0.15) is 0 Å². The summed E-state index contributed by atoms with van der Waals surface area (Å²) in [5.74, 6) is 0.510. The highest BCUT2D eigenvalue weighted by Gasteiger charge is 2.40. The van der Waals surface area contributed by atoms with E-state index in [1.165, 1.54) is 36.1 Å². The average Bonchev–Trinajstić information content (AvgIpc) is 2.85. The zero-order valence-electron chi connectivity index (χ0n) is 19.2. The number of aromatic nitrogens is 2. The van der Waals surface area contributed by atoms with Crippen LogP contribution in [0, 0.1) is 10.1 Å². The van der Waals surface area contributed by atoms with Crippen LogP contribution in [0.4, 0.5) is 5.69 Å². The second kappa shape index (κ2) is 9.72. The Morgan fingerprint density at radius 1 is 1.23 bits per heavy atom. The lowest BCUT2D eigenvalue weighted by molar-refractivity contribution is -0.387. The van der Waals surface area contributed by atoms with Crippen LogP contribution in [0.15, 0.2) is 58.4 Å². The highest BCUT2D eigenvalue weighted by Crippen LogP contribution is 2.32. The van der Waals surface area contributed by atoms with E-state index in [-0.39, 0.29) is 6.54 Å². The van der Waals surface area contributed by atoms with Crippen molar-refractivity contribution in [3.8, 4) is 5.75 Å². The molecule has 1 fully saturated rings. The maximum atomic E-state index is 13.4. The van der Waals surface area contributed by atoms with Gasteiger partial charge in [0.1, 0.15) is 5.75 Å². The first-order valence-electron chi connectivity index (χ1n) is 11.2. The van der Waals surface area contributed by atoms with E-state index in [0.717, 1.165) is 25.3 Å². The summed E-state index contributed by atoms with van der Waals surface area (Å²) in [5, 5.41) is 11.5. The summed E-state index contributed by atoms with van der Waals surface area (Å²) in [5.41, 5.74) is 5.84. The first-order valence-corrected chi connectivity index (χ1v) is 12.7. The molecule has 0 radical (unpaired) electrons. The molecule has 0 saturated heterocycles. The van der Waals surface area contributed by atoms with E-state index in [4.69, 9.17) is 10.5 Å². The molecule has 0 aliphatic heterocycles. The summed E-state index contributed by atoms with van der Waals surface area (Å²) < 4.78 is 36.1. The number of ether oxygens (including phenoxy) is 1. The Labute approximate surface area is 202 Å². The van der Waals surface area contributed by atoms with Crippen molar-refractivity contribution in [1.82, 2.24) is 14.3 Å². The van der Waals surface area contributed by atoms with Gasteiger partial charge in [-0.15, -0.1) is 0 Å². The zero-order valence-corrected chi connectivity index (χ0v) is 20.0. The van der Waals surface area contributed by atoms with Crippen LogP contribution in [0.5, 0.6) is 5.75 Å². The standard InChI is InChI=1S/C23H27N5O6S/c1-34-16-9-10-17-19(13-16)27(22(29)14-25-17)15-21(23(24)11-5-2-6-12-23)26-35(32,33)20-8-4-3-7-18(20)28(30)31/h3-4,7-10,13-14,21,26H,2,5-6,11-12,15,24H2,1H3. The molecule has 35 heavy (non-hydrogen) atoms. The molecule has 1 aromatic heterocycles. The molecular formula is C23H27N5O6S. The van der Waals surface area contributed by atoms with E-state index in [0.29, 0.717) is 29.6 Å². The van der Waals surface area contributed by atoms with Gasteiger partial charge in [-0.3, -0.25) is 14.9 Å². The summed E-state index contributed by atoms with van der Waals surface area (Å²) >= 11 is 0. The van der Waals surface area contributed by atoms with Crippen LogP contribution in [0.25, 0.3) is 11.0 Å². The van der Waals surface area contributed by atoms with Gasteiger partial charge in [0.2, 0.25) is 10.0 Å². The average molecular weight is 502 g/mol. The summed E-state index contributed by atoms with van der Waals surface area (Å²) in [7, 11) is -2.85. The van der Waals surface area contributed by atoms with Gasteiger partial charge < -0.3 is 15.0 Å². The Bertz CT molecular complexity index is 1420. The van der Waals surface area contributed by atoms with Crippen molar-refractivity contribution in [2.75, 3.05) is 7.11 Å². The van der Waals surface area contributed by atoms with Gasteiger partial charge in [-0.25, -0.2) is 18.1 Å². The molecule has 1 atom stereocenters. The van der Waals surface area contributed by atoms with Crippen LogP contribution in [0.1, 0.15) is 32.1 Å². The monoisotopic (exact) mass is 501 g/mol. The van der Waals surface area contributed by atoms with E-state index in [1.807, 2.05) is 0 Å². The van der Waals surface area contributed by atoms with Crippen molar-refractivity contribution < 1.29 is 18.1 Å². The fourth-order valence-corrected chi connectivity index (χ4v) is 6.11. The summed E-state index contributed by atoms with van der Waals surface area (Å²) in [4.78, 5) is 27.3. The normalized spacial score (nSPS) is 16.6. The molecule has 1 aliphatic rings. The number of sulfonamides is 1. The molecule has 1 saturated carbocycles. The molecule has 0 spiro atoms. The second-order valence-electron chi connectivity index (χ2n) is 8.75. The molecule has 0 amide bonds. The fourth-order valence-electron chi connectivity index (χ4n) is 4.62. The van der Waals surface area contributed by atoms with Gasteiger partial charge in [0.05, 0.1) is 35.3 Å². The maximum Gasteiger partial charge on any atom is 0.289 e. The molecular weight excluding hydrogens is 474 g/mol. The van der Waals surface area contributed by atoms with Gasteiger partial charge in [-0.05, 0) is 31.0 Å². The number of nitrogens with two attached hydrogens (primary N) is 1. The predicted molar refractivity (Wildman–Crippen MR) is 130 cm³/mol. The van der Waals surface area contributed by atoms with Gasteiger partial charge in [0.25, 0.3) is 11.2 Å². The third-order valence-electron chi connectivity index (χ3n) is 6.55. The minimum atomic E-state index is -4.35. The van der Waals surface area contributed by atoms with Crippen LogP contribution in [-0.4, -0.2) is 41.6 Å². The minimum absolute atomic E-state index is 0.0820. The smallest absolute Gasteiger partial charge is 0.289 e. The SMILES string of the molecule is COc1ccc2ncc(=O)n(CC(NS(=O)(=O)c3ccccc3[N+](=O)[O-])C3(N)CCCCC3)c2c1.